The summed E-state index contributed by atoms with van der Waals surface area (Å²) in [5, 5.41) is 10.3. The lowest BCUT2D eigenvalue weighted by Gasteiger charge is -2.16. The van der Waals surface area contributed by atoms with Crippen LogP contribution >= 0.6 is 0 Å². The average molecular weight is 415 g/mol. The molecule has 3 atom stereocenters. The van der Waals surface area contributed by atoms with E-state index in [-0.39, 0.29) is 17.3 Å². The van der Waals surface area contributed by atoms with Gasteiger partial charge in [0.25, 0.3) is 5.95 Å². The van der Waals surface area contributed by atoms with Gasteiger partial charge in [0.05, 0.1) is 18.8 Å². The van der Waals surface area contributed by atoms with E-state index in [0.29, 0.717) is 29.3 Å². The number of rotatable bonds is 10. The second-order valence-corrected chi connectivity index (χ2v) is 7.97. The second-order valence-electron chi connectivity index (χ2n) is 7.97. The Bertz CT molecular complexity index is 868. The quantitative estimate of drug-likeness (QED) is 0.375. The lowest BCUT2D eigenvalue weighted by molar-refractivity contribution is 0.173. The summed E-state index contributed by atoms with van der Waals surface area (Å²) >= 11 is 0. The molecule has 1 N–H and O–H groups in total. The van der Waals surface area contributed by atoms with Crippen LogP contribution in [0, 0.1) is 18.8 Å². The summed E-state index contributed by atoms with van der Waals surface area (Å²) in [6, 6.07) is 0. The molecule has 0 amide bonds. The number of aliphatic hydroxyl groups excluding tert-OH is 1. The molecule has 1 heterocycles. The van der Waals surface area contributed by atoms with E-state index in [9.17, 15) is 9.90 Å². The van der Waals surface area contributed by atoms with E-state index in [1.165, 1.54) is 7.11 Å². The van der Waals surface area contributed by atoms with E-state index >= 15 is 0 Å². The molecule has 0 bridgehead atoms. The molecule has 0 saturated carbocycles. The van der Waals surface area contributed by atoms with Crippen molar-refractivity contribution < 1.29 is 14.3 Å². The number of ether oxygens (including phenoxy) is 1. The Balaban J connectivity index is 2.80. The van der Waals surface area contributed by atoms with Crippen LogP contribution in [0.4, 0.5) is 0 Å². The predicted octanol–water partition coefficient (Wildman–Crippen LogP) is 6.02. The molecular weight excluding hydrogens is 376 g/mol. The number of aliphatic hydroxyl groups is 1. The maximum Gasteiger partial charge on any atom is 0.291 e. The second kappa shape index (κ2) is 12.4. The van der Waals surface area contributed by atoms with Crippen LogP contribution in [0.25, 0.3) is 6.08 Å². The lowest BCUT2D eigenvalue weighted by Crippen LogP contribution is -2.17. The Kier molecular flexibility index (Phi) is 10.6. The Hall–Kier alpha value is -2.33. The summed E-state index contributed by atoms with van der Waals surface area (Å²) < 4.78 is 11.0. The van der Waals surface area contributed by atoms with Gasteiger partial charge in [0, 0.05) is 11.5 Å². The third-order valence-corrected chi connectivity index (χ3v) is 5.38. The smallest absolute Gasteiger partial charge is 0.291 e. The maximum absolute atomic E-state index is 12.5. The van der Waals surface area contributed by atoms with Gasteiger partial charge in [0.15, 0.2) is 5.43 Å². The topological polar surface area (TPSA) is 59.7 Å². The first-order valence-electron chi connectivity index (χ1n) is 10.7. The molecule has 1 aromatic rings. The minimum absolute atomic E-state index is 0.0157. The molecule has 1 aromatic heterocycles. The van der Waals surface area contributed by atoms with Crippen molar-refractivity contribution in [2.24, 2.45) is 11.8 Å². The van der Waals surface area contributed by atoms with Gasteiger partial charge in [0.2, 0.25) is 0 Å². The molecular formula is C26H38O4. The number of hydrogen-bond donors (Lipinski definition) is 1. The van der Waals surface area contributed by atoms with Crippen LogP contribution in [-0.4, -0.2) is 18.3 Å². The minimum Gasteiger partial charge on any atom is -0.468 e. The summed E-state index contributed by atoms with van der Waals surface area (Å²) in [6.07, 6.45) is 13.1. The van der Waals surface area contributed by atoms with Crippen LogP contribution in [0.2, 0.25) is 0 Å². The van der Waals surface area contributed by atoms with Gasteiger partial charge in [-0.2, -0.15) is 0 Å². The van der Waals surface area contributed by atoms with Gasteiger partial charge in [-0.3, -0.25) is 4.79 Å². The molecule has 0 spiro atoms. The number of methoxy groups -OCH3 is 1. The third-order valence-electron chi connectivity index (χ3n) is 5.38. The van der Waals surface area contributed by atoms with E-state index in [2.05, 4.69) is 25.2 Å². The van der Waals surface area contributed by atoms with Crippen LogP contribution in [0.15, 0.2) is 50.7 Å². The third kappa shape index (κ3) is 7.17. The van der Waals surface area contributed by atoms with Crippen LogP contribution < -0.4 is 10.2 Å². The van der Waals surface area contributed by atoms with Crippen LogP contribution in [0.1, 0.15) is 64.9 Å². The Labute approximate surface area is 181 Å². The molecule has 1 rings (SSSR count). The fourth-order valence-electron chi connectivity index (χ4n) is 3.24. The van der Waals surface area contributed by atoms with Crippen molar-refractivity contribution in [1.29, 1.82) is 0 Å². The molecule has 0 aliphatic heterocycles. The molecule has 0 aliphatic rings. The molecule has 0 aromatic carbocycles. The first kappa shape index (κ1) is 25.7. The van der Waals surface area contributed by atoms with Crippen molar-refractivity contribution in [2.75, 3.05) is 7.11 Å². The van der Waals surface area contributed by atoms with Crippen LogP contribution in [0.5, 0.6) is 5.95 Å². The molecule has 30 heavy (non-hydrogen) atoms. The van der Waals surface area contributed by atoms with E-state index in [1.807, 2.05) is 52.8 Å². The largest absolute Gasteiger partial charge is 0.468 e. The van der Waals surface area contributed by atoms with Gasteiger partial charge >= 0.3 is 0 Å². The van der Waals surface area contributed by atoms with E-state index in [0.717, 1.165) is 17.6 Å². The average Bonchev–Trinajstić information content (AvgIpc) is 2.73. The molecule has 0 fully saturated rings. The SMILES string of the molecule is C/C=C(\C)C(O)C(C)/C=C(C)/C=C/CC(C)/C=C/c1oc(OC)c(CC)c(=O)c1C. The van der Waals surface area contributed by atoms with Gasteiger partial charge in [-0.05, 0) is 58.1 Å². The van der Waals surface area contributed by atoms with Gasteiger partial charge in [-0.25, -0.2) is 0 Å². The summed E-state index contributed by atoms with van der Waals surface area (Å²) in [5.41, 5.74) is 3.28. The van der Waals surface area contributed by atoms with Crippen molar-refractivity contribution in [2.45, 2.75) is 67.4 Å². The molecule has 3 unspecified atom stereocenters. The highest BCUT2D eigenvalue weighted by atomic mass is 16.6. The first-order valence-corrected chi connectivity index (χ1v) is 10.7. The highest BCUT2D eigenvalue weighted by Crippen LogP contribution is 2.22. The molecule has 4 nitrogen and oxygen atoms in total. The molecule has 0 aliphatic carbocycles. The van der Waals surface area contributed by atoms with Gasteiger partial charge in [0.1, 0.15) is 5.76 Å². The molecule has 0 saturated heterocycles. The standard InChI is InChI=1S/C26H38O4/c1-9-19(5)24(27)20(6)16-18(4)13-11-12-17(3)14-15-23-21(7)25(28)22(10-2)26(29-8)30-23/h9,11,13-17,20,24,27H,10,12H2,1-8H3/b13-11+,15-14+,18-16+,19-9+. The zero-order chi connectivity index (χ0) is 22.8. The van der Waals surface area contributed by atoms with Crippen LogP contribution in [-0.2, 0) is 6.42 Å². The number of allylic oxidation sites excluding steroid dienone is 5. The molecule has 4 heteroatoms. The molecule has 166 valence electrons. The highest BCUT2D eigenvalue weighted by Gasteiger charge is 2.15. The van der Waals surface area contributed by atoms with E-state index in [4.69, 9.17) is 9.15 Å². The zero-order valence-electron chi connectivity index (χ0n) is 19.8. The van der Waals surface area contributed by atoms with Gasteiger partial charge in [-0.15, -0.1) is 0 Å². The summed E-state index contributed by atoms with van der Waals surface area (Å²) in [4.78, 5) is 12.5. The lowest BCUT2D eigenvalue weighted by atomic mass is 9.96. The van der Waals surface area contributed by atoms with Crippen molar-refractivity contribution in [3.8, 4) is 5.95 Å². The van der Waals surface area contributed by atoms with E-state index < -0.39 is 6.10 Å². The summed E-state index contributed by atoms with van der Waals surface area (Å²) in [5.74, 6) is 1.19. The van der Waals surface area contributed by atoms with Crippen LogP contribution in [0.3, 0.4) is 0 Å². The fraction of sp³-hybridized carbons (Fsp3) is 0.500. The van der Waals surface area contributed by atoms with E-state index in [1.54, 1.807) is 6.92 Å². The minimum atomic E-state index is -0.450. The highest BCUT2D eigenvalue weighted by molar-refractivity contribution is 5.49. The normalized spacial score (nSPS) is 16.3. The van der Waals surface area contributed by atoms with Crippen molar-refractivity contribution >= 4 is 6.08 Å². The van der Waals surface area contributed by atoms with Crippen molar-refractivity contribution in [1.82, 2.24) is 0 Å². The number of hydrogen-bond acceptors (Lipinski definition) is 4. The Morgan fingerprint density at radius 2 is 1.93 bits per heavy atom. The predicted molar refractivity (Wildman–Crippen MR) is 126 cm³/mol. The van der Waals surface area contributed by atoms with Gasteiger partial charge in [-0.1, -0.05) is 56.7 Å². The Morgan fingerprint density at radius 1 is 1.27 bits per heavy atom. The fourth-order valence-corrected chi connectivity index (χ4v) is 3.24. The zero-order valence-corrected chi connectivity index (χ0v) is 19.8. The summed E-state index contributed by atoms with van der Waals surface area (Å²) in [7, 11) is 1.52. The summed E-state index contributed by atoms with van der Waals surface area (Å²) in [6.45, 7) is 13.8. The van der Waals surface area contributed by atoms with Crippen molar-refractivity contribution in [3.05, 3.63) is 68.6 Å². The monoisotopic (exact) mass is 414 g/mol. The van der Waals surface area contributed by atoms with Gasteiger partial charge < -0.3 is 14.3 Å². The van der Waals surface area contributed by atoms with Crippen molar-refractivity contribution in [3.63, 3.8) is 0 Å². The maximum atomic E-state index is 12.5. The molecule has 0 radical (unpaired) electrons. The Morgan fingerprint density at radius 3 is 2.50 bits per heavy atom. The first-order chi connectivity index (χ1) is 14.2.